The number of hydrogen-bond acceptors (Lipinski definition) is 3. The van der Waals surface area contributed by atoms with Gasteiger partial charge in [-0.05, 0) is 43.2 Å². The maximum atomic E-state index is 12.5. The second kappa shape index (κ2) is 8.95. The molecule has 0 atom stereocenters. The number of halogens is 1. The van der Waals surface area contributed by atoms with Crippen molar-refractivity contribution in [2.75, 3.05) is 37.7 Å². The van der Waals surface area contributed by atoms with Crippen molar-refractivity contribution in [3.05, 3.63) is 59.1 Å². The molecular weight excluding hydrogens is 348 g/mol. The molecule has 2 aromatic rings. The summed E-state index contributed by atoms with van der Waals surface area (Å²) < 4.78 is 5.73. The summed E-state index contributed by atoms with van der Waals surface area (Å²) in [5.41, 5.74) is 2.26. The third-order valence-corrected chi connectivity index (χ3v) is 4.93. The topological polar surface area (TPSA) is 32.8 Å². The largest absolute Gasteiger partial charge is 0.492 e. The van der Waals surface area contributed by atoms with Crippen LogP contribution in [0.5, 0.6) is 5.75 Å². The molecule has 0 N–H and O–H groups in total. The van der Waals surface area contributed by atoms with E-state index >= 15 is 0 Å². The molecule has 138 valence electrons. The first-order valence-electron chi connectivity index (χ1n) is 9.16. The summed E-state index contributed by atoms with van der Waals surface area (Å²) >= 11 is 5.90. The molecule has 1 aliphatic heterocycles. The monoisotopic (exact) mass is 372 g/mol. The molecule has 1 fully saturated rings. The van der Waals surface area contributed by atoms with Crippen LogP contribution in [0.1, 0.15) is 18.9 Å². The molecule has 26 heavy (non-hydrogen) atoms. The maximum absolute atomic E-state index is 12.5. The van der Waals surface area contributed by atoms with Crippen molar-refractivity contribution in [2.45, 2.75) is 19.8 Å². The van der Waals surface area contributed by atoms with E-state index in [2.05, 4.69) is 11.0 Å². The van der Waals surface area contributed by atoms with Crippen LogP contribution < -0.4 is 9.64 Å². The number of piperazine rings is 1. The molecule has 5 heteroatoms. The Morgan fingerprint density at radius 3 is 2.42 bits per heavy atom. The van der Waals surface area contributed by atoms with Gasteiger partial charge in [0.15, 0.2) is 0 Å². The molecule has 0 saturated carbocycles. The summed E-state index contributed by atoms with van der Waals surface area (Å²) in [6, 6.07) is 15.8. The van der Waals surface area contributed by atoms with Gasteiger partial charge in [-0.25, -0.2) is 0 Å². The smallest absolute Gasteiger partial charge is 0.223 e. The number of benzene rings is 2. The molecule has 0 unspecified atom stereocenters. The number of ether oxygens (including phenoxy) is 1. The number of amides is 1. The Morgan fingerprint density at radius 2 is 1.73 bits per heavy atom. The van der Waals surface area contributed by atoms with Crippen molar-refractivity contribution in [3.8, 4) is 5.75 Å². The zero-order valence-corrected chi connectivity index (χ0v) is 15.9. The number of rotatable bonds is 6. The molecular formula is C21H25ClN2O2. The minimum Gasteiger partial charge on any atom is -0.492 e. The molecule has 1 saturated heterocycles. The first-order valence-corrected chi connectivity index (χ1v) is 9.54. The molecule has 0 bridgehead atoms. The predicted octanol–water partition coefficient (Wildman–Crippen LogP) is 4.02. The number of carbonyl (C=O) groups excluding carboxylic acids is 1. The summed E-state index contributed by atoms with van der Waals surface area (Å²) in [6.45, 7) is 5.81. The molecule has 0 radical (unpaired) electrons. The normalized spacial score (nSPS) is 14.4. The Labute approximate surface area is 160 Å². The highest BCUT2D eigenvalue weighted by atomic mass is 35.5. The molecule has 0 aromatic heterocycles. The highest BCUT2D eigenvalue weighted by molar-refractivity contribution is 6.30. The van der Waals surface area contributed by atoms with Gasteiger partial charge in [-0.2, -0.15) is 0 Å². The average molecular weight is 373 g/mol. The average Bonchev–Trinajstić information content (AvgIpc) is 2.68. The van der Waals surface area contributed by atoms with E-state index in [0.717, 1.165) is 54.6 Å². The van der Waals surface area contributed by atoms with Crippen LogP contribution in [0.2, 0.25) is 5.02 Å². The van der Waals surface area contributed by atoms with Gasteiger partial charge in [0, 0.05) is 37.6 Å². The van der Waals surface area contributed by atoms with Gasteiger partial charge in [0.2, 0.25) is 5.91 Å². The standard InChI is InChI=1S/C21H25ClN2O2/c1-2-26-20-6-4-3-5-19(20)23-13-15-24(16-14-23)21(25)12-9-17-7-10-18(22)11-8-17/h3-8,10-11H,2,9,12-16H2,1H3. The summed E-state index contributed by atoms with van der Waals surface area (Å²) in [5.74, 6) is 1.13. The lowest BCUT2D eigenvalue weighted by Gasteiger charge is -2.36. The van der Waals surface area contributed by atoms with Gasteiger partial charge in [-0.1, -0.05) is 35.9 Å². The highest BCUT2D eigenvalue weighted by Crippen LogP contribution is 2.28. The van der Waals surface area contributed by atoms with Crippen LogP contribution in [-0.2, 0) is 11.2 Å². The van der Waals surface area contributed by atoms with E-state index in [1.54, 1.807) is 0 Å². The van der Waals surface area contributed by atoms with E-state index in [0.29, 0.717) is 13.0 Å². The quantitative estimate of drug-likeness (QED) is 0.767. The lowest BCUT2D eigenvalue weighted by Crippen LogP contribution is -2.49. The van der Waals surface area contributed by atoms with E-state index in [1.165, 1.54) is 0 Å². The van der Waals surface area contributed by atoms with Crippen molar-refractivity contribution in [1.82, 2.24) is 4.90 Å². The fraction of sp³-hybridized carbons (Fsp3) is 0.381. The van der Waals surface area contributed by atoms with Crippen LogP contribution in [0, 0.1) is 0 Å². The van der Waals surface area contributed by atoms with Gasteiger partial charge in [-0.15, -0.1) is 0 Å². The number of hydrogen-bond donors (Lipinski definition) is 0. The Kier molecular flexibility index (Phi) is 6.40. The van der Waals surface area contributed by atoms with Crippen LogP contribution >= 0.6 is 11.6 Å². The Hall–Kier alpha value is -2.20. The molecule has 2 aromatic carbocycles. The second-order valence-electron chi connectivity index (χ2n) is 6.40. The van der Waals surface area contributed by atoms with E-state index in [-0.39, 0.29) is 5.91 Å². The van der Waals surface area contributed by atoms with Crippen molar-refractivity contribution in [1.29, 1.82) is 0 Å². The predicted molar refractivity (Wildman–Crippen MR) is 106 cm³/mol. The number of anilines is 1. The van der Waals surface area contributed by atoms with Crippen LogP contribution in [0.25, 0.3) is 0 Å². The van der Waals surface area contributed by atoms with Crippen LogP contribution in [0.15, 0.2) is 48.5 Å². The molecule has 3 rings (SSSR count). The van der Waals surface area contributed by atoms with E-state index in [1.807, 2.05) is 54.3 Å². The first kappa shape index (κ1) is 18.6. The zero-order valence-electron chi connectivity index (χ0n) is 15.2. The Balaban J connectivity index is 1.51. The number of carbonyl (C=O) groups is 1. The van der Waals surface area contributed by atoms with Crippen molar-refractivity contribution >= 4 is 23.2 Å². The number of nitrogens with zero attached hydrogens (tertiary/aromatic N) is 2. The first-order chi connectivity index (χ1) is 12.7. The van der Waals surface area contributed by atoms with E-state index in [9.17, 15) is 4.79 Å². The highest BCUT2D eigenvalue weighted by Gasteiger charge is 2.22. The molecule has 0 spiro atoms. The van der Waals surface area contributed by atoms with Gasteiger partial charge < -0.3 is 14.5 Å². The Morgan fingerprint density at radius 1 is 1.04 bits per heavy atom. The lowest BCUT2D eigenvalue weighted by atomic mass is 10.1. The number of aryl methyl sites for hydroxylation is 1. The van der Waals surface area contributed by atoms with Crippen molar-refractivity contribution in [2.24, 2.45) is 0 Å². The second-order valence-corrected chi connectivity index (χ2v) is 6.83. The fourth-order valence-electron chi connectivity index (χ4n) is 3.25. The van der Waals surface area contributed by atoms with Crippen molar-refractivity contribution in [3.63, 3.8) is 0 Å². The molecule has 1 heterocycles. The van der Waals surface area contributed by atoms with E-state index < -0.39 is 0 Å². The van der Waals surface area contributed by atoms with Gasteiger partial charge >= 0.3 is 0 Å². The minimum atomic E-state index is 0.220. The van der Waals surface area contributed by atoms with Gasteiger partial charge in [-0.3, -0.25) is 4.79 Å². The van der Waals surface area contributed by atoms with Gasteiger partial charge in [0.25, 0.3) is 0 Å². The van der Waals surface area contributed by atoms with E-state index in [4.69, 9.17) is 16.3 Å². The lowest BCUT2D eigenvalue weighted by molar-refractivity contribution is -0.131. The van der Waals surface area contributed by atoms with Crippen molar-refractivity contribution < 1.29 is 9.53 Å². The Bertz CT molecular complexity index is 725. The van der Waals surface area contributed by atoms with Gasteiger partial charge in [0.1, 0.15) is 5.75 Å². The van der Waals surface area contributed by atoms with Crippen LogP contribution in [0.4, 0.5) is 5.69 Å². The maximum Gasteiger partial charge on any atom is 0.223 e. The summed E-state index contributed by atoms with van der Waals surface area (Å²) in [5, 5.41) is 0.725. The fourth-order valence-corrected chi connectivity index (χ4v) is 3.38. The summed E-state index contributed by atoms with van der Waals surface area (Å²) in [4.78, 5) is 16.8. The molecule has 1 amide bonds. The molecule has 1 aliphatic rings. The summed E-state index contributed by atoms with van der Waals surface area (Å²) in [7, 11) is 0. The third-order valence-electron chi connectivity index (χ3n) is 4.68. The third kappa shape index (κ3) is 4.70. The minimum absolute atomic E-state index is 0.220. The van der Waals surface area contributed by atoms with Crippen LogP contribution in [-0.4, -0.2) is 43.6 Å². The summed E-state index contributed by atoms with van der Waals surface area (Å²) in [6.07, 6.45) is 1.29. The number of para-hydroxylation sites is 2. The van der Waals surface area contributed by atoms with Crippen LogP contribution in [0.3, 0.4) is 0 Å². The zero-order chi connectivity index (χ0) is 18.4. The SMILES string of the molecule is CCOc1ccccc1N1CCN(C(=O)CCc2ccc(Cl)cc2)CC1. The molecule has 0 aliphatic carbocycles. The molecule has 4 nitrogen and oxygen atoms in total. The van der Waals surface area contributed by atoms with Gasteiger partial charge in [0.05, 0.1) is 12.3 Å².